The number of nitrogens with two attached hydrogens (primary N) is 1. The molecule has 0 spiro atoms. The van der Waals surface area contributed by atoms with Crippen LogP contribution < -0.4 is 10.5 Å². The van der Waals surface area contributed by atoms with Crippen LogP contribution in [0.4, 0.5) is 0 Å². The van der Waals surface area contributed by atoms with E-state index in [2.05, 4.69) is 32.9 Å². The molecule has 0 bridgehead atoms. The molecule has 19 heavy (non-hydrogen) atoms. The van der Waals surface area contributed by atoms with Crippen molar-refractivity contribution in [3.63, 3.8) is 0 Å². The first-order valence-electron chi connectivity index (χ1n) is 7.48. The van der Waals surface area contributed by atoms with Crippen molar-refractivity contribution in [2.75, 3.05) is 7.11 Å². The lowest BCUT2D eigenvalue weighted by Gasteiger charge is -2.23. The summed E-state index contributed by atoms with van der Waals surface area (Å²) in [5.41, 5.74) is 10.2. The highest BCUT2D eigenvalue weighted by molar-refractivity contribution is 5.47. The van der Waals surface area contributed by atoms with Gasteiger partial charge in [0.15, 0.2) is 0 Å². The zero-order valence-corrected chi connectivity index (χ0v) is 12.7. The third kappa shape index (κ3) is 2.79. The first-order chi connectivity index (χ1) is 9.08. The summed E-state index contributed by atoms with van der Waals surface area (Å²) in [6, 6.07) is 4.44. The SMILES string of the molecule is CCC1CCC(C(N)c2ccc(C)c(C)c2OC)C1. The van der Waals surface area contributed by atoms with Gasteiger partial charge in [0.1, 0.15) is 5.75 Å². The Bertz CT molecular complexity index is 441. The zero-order chi connectivity index (χ0) is 14.0. The molecule has 1 aromatic carbocycles. The minimum absolute atomic E-state index is 0.116. The highest BCUT2D eigenvalue weighted by atomic mass is 16.5. The number of hydrogen-bond acceptors (Lipinski definition) is 2. The van der Waals surface area contributed by atoms with Gasteiger partial charge in [0.2, 0.25) is 0 Å². The van der Waals surface area contributed by atoms with Crippen molar-refractivity contribution in [2.24, 2.45) is 17.6 Å². The highest BCUT2D eigenvalue weighted by Gasteiger charge is 2.30. The Morgan fingerprint density at radius 3 is 2.63 bits per heavy atom. The van der Waals surface area contributed by atoms with E-state index in [-0.39, 0.29) is 6.04 Å². The number of methoxy groups -OCH3 is 1. The molecule has 2 nitrogen and oxygen atoms in total. The Kier molecular flexibility index (Phi) is 4.51. The van der Waals surface area contributed by atoms with Crippen LogP contribution >= 0.6 is 0 Å². The number of hydrogen-bond donors (Lipinski definition) is 1. The minimum Gasteiger partial charge on any atom is -0.496 e. The molecule has 0 saturated heterocycles. The molecule has 1 fully saturated rings. The molecule has 0 aromatic heterocycles. The molecule has 1 aromatic rings. The molecular weight excluding hydrogens is 234 g/mol. The van der Waals surface area contributed by atoms with Gasteiger partial charge in [0, 0.05) is 11.6 Å². The summed E-state index contributed by atoms with van der Waals surface area (Å²) in [7, 11) is 1.75. The van der Waals surface area contributed by atoms with Crippen molar-refractivity contribution in [3.05, 3.63) is 28.8 Å². The molecule has 1 aliphatic rings. The number of benzene rings is 1. The van der Waals surface area contributed by atoms with E-state index in [0.717, 1.165) is 11.7 Å². The summed E-state index contributed by atoms with van der Waals surface area (Å²) in [6.07, 6.45) is 5.15. The summed E-state index contributed by atoms with van der Waals surface area (Å²) < 4.78 is 5.61. The van der Waals surface area contributed by atoms with Crippen molar-refractivity contribution in [1.82, 2.24) is 0 Å². The Labute approximate surface area is 117 Å². The van der Waals surface area contributed by atoms with Crippen molar-refractivity contribution in [1.29, 1.82) is 0 Å². The van der Waals surface area contributed by atoms with Gasteiger partial charge in [0.05, 0.1) is 7.11 Å². The predicted molar refractivity (Wildman–Crippen MR) is 80.5 cm³/mol. The average Bonchev–Trinajstić information content (AvgIpc) is 2.89. The fourth-order valence-electron chi connectivity index (χ4n) is 3.41. The van der Waals surface area contributed by atoms with Crippen LogP contribution in [0.3, 0.4) is 0 Å². The molecule has 2 N–H and O–H groups in total. The second-order valence-electron chi connectivity index (χ2n) is 6.00. The molecule has 3 unspecified atom stereocenters. The summed E-state index contributed by atoms with van der Waals surface area (Å²) in [5, 5.41) is 0. The monoisotopic (exact) mass is 261 g/mol. The van der Waals surface area contributed by atoms with E-state index < -0.39 is 0 Å². The van der Waals surface area contributed by atoms with Crippen LogP contribution in [0.1, 0.15) is 55.3 Å². The summed E-state index contributed by atoms with van der Waals surface area (Å²) in [5.74, 6) is 2.47. The van der Waals surface area contributed by atoms with Crippen LogP contribution in [0.2, 0.25) is 0 Å². The van der Waals surface area contributed by atoms with Crippen LogP contribution in [0, 0.1) is 25.7 Å². The molecule has 2 rings (SSSR count). The van der Waals surface area contributed by atoms with Crippen molar-refractivity contribution in [3.8, 4) is 5.75 Å². The number of aryl methyl sites for hydroxylation is 1. The van der Waals surface area contributed by atoms with Crippen LogP contribution in [0.5, 0.6) is 5.75 Å². The summed E-state index contributed by atoms with van der Waals surface area (Å²) in [6.45, 7) is 6.53. The third-order valence-corrected chi connectivity index (χ3v) is 4.94. The van der Waals surface area contributed by atoms with E-state index in [0.29, 0.717) is 5.92 Å². The van der Waals surface area contributed by atoms with Crippen molar-refractivity contribution < 1.29 is 4.74 Å². The molecule has 106 valence electrons. The molecule has 1 aliphatic carbocycles. The zero-order valence-electron chi connectivity index (χ0n) is 12.7. The lowest BCUT2D eigenvalue weighted by atomic mass is 9.89. The van der Waals surface area contributed by atoms with Crippen LogP contribution in [0.25, 0.3) is 0 Å². The van der Waals surface area contributed by atoms with Gasteiger partial charge in [-0.2, -0.15) is 0 Å². The standard InChI is InChI=1S/C17H27NO/c1-5-13-7-8-14(10-13)16(18)15-9-6-11(2)12(3)17(15)19-4/h6,9,13-14,16H,5,7-8,10,18H2,1-4H3. The number of ether oxygens (including phenoxy) is 1. The van der Waals surface area contributed by atoms with Crippen molar-refractivity contribution in [2.45, 2.75) is 52.5 Å². The van der Waals surface area contributed by atoms with E-state index in [4.69, 9.17) is 10.5 Å². The van der Waals surface area contributed by atoms with E-state index >= 15 is 0 Å². The Morgan fingerprint density at radius 1 is 1.32 bits per heavy atom. The fraction of sp³-hybridized carbons (Fsp3) is 0.647. The first-order valence-corrected chi connectivity index (χ1v) is 7.48. The van der Waals surface area contributed by atoms with Gasteiger partial charge in [0.25, 0.3) is 0 Å². The second kappa shape index (κ2) is 5.96. The normalized spacial score (nSPS) is 24.5. The smallest absolute Gasteiger partial charge is 0.126 e. The van der Waals surface area contributed by atoms with Gasteiger partial charge in [-0.1, -0.05) is 31.9 Å². The third-order valence-electron chi connectivity index (χ3n) is 4.94. The topological polar surface area (TPSA) is 35.2 Å². The first kappa shape index (κ1) is 14.4. The molecule has 3 atom stereocenters. The van der Waals surface area contributed by atoms with Gasteiger partial charge in [-0.05, 0) is 49.7 Å². The summed E-state index contributed by atoms with van der Waals surface area (Å²) >= 11 is 0. The lowest BCUT2D eigenvalue weighted by Crippen LogP contribution is -2.20. The summed E-state index contributed by atoms with van der Waals surface area (Å²) in [4.78, 5) is 0. The predicted octanol–water partition coefficient (Wildman–Crippen LogP) is 4.14. The molecular formula is C17H27NO. The molecule has 0 radical (unpaired) electrons. The average molecular weight is 261 g/mol. The van der Waals surface area contributed by atoms with Gasteiger partial charge >= 0.3 is 0 Å². The van der Waals surface area contributed by atoms with Crippen LogP contribution in [-0.2, 0) is 0 Å². The maximum absolute atomic E-state index is 6.53. The van der Waals surface area contributed by atoms with Gasteiger partial charge in [-0.15, -0.1) is 0 Å². The second-order valence-corrected chi connectivity index (χ2v) is 6.00. The van der Waals surface area contributed by atoms with Gasteiger partial charge in [-0.3, -0.25) is 0 Å². The fourth-order valence-corrected chi connectivity index (χ4v) is 3.41. The van der Waals surface area contributed by atoms with Crippen molar-refractivity contribution >= 4 is 0 Å². The molecule has 0 heterocycles. The Morgan fingerprint density at radius 2 is 2.05 bits per heavy atom. The Balaban J connectivity index is 2.24. The lowest BCUT2D eigenvalue weighted by molar-refractivity contribution is 0.375. The van der Waals surface area contributed by atoms with E-state index in [1.54, 1.807) is 7.11 Å². The highest BCUT2D eigenvalue weighted by Crippen LogP contribution is 2.42. The maximum Gasteiger partial charge on any atom is 0.126 e. The molecule has 0 amide bonds. The van der Waals surface area contributed by atoms with Gasteiger partial charge < -0.3 is 10.5 Å². The van der Waals surface area contributed by atoms with E-state index in [9.17, 15) is 0 Å². The Hall–Kier alpha value is -1.02. The number of rotatable bonds is 4. The quantitative estimate of drug-likeness (QED) is 0.884. The van der Waals surface area contributed by atoms with Crippen LogP contribution in [0.15, 0.2) is 12.1 Å². The van der Waals surface area contributed by atoms with E-state index in [1.165, 1.54) is 42.4 Å². The van der Waals surface area contributed by atoms with Crippen LogP contribution in [-0.4, -0.2) is 7.11 Å². The molecule has 0 aliphatic heterocycles. The maximum atomic E-state index is 6.53. The molecule has 2 heteroatoms. The largest absolute Gasteiger partial charge is 0.496 e. The minimum atomic E-state index is 0.116. The van der Waals surface area contributed by atoms with Gasteiger partial charge in [-0.25, -0.2) is 0 Å². The van der Waals surface area contributed by atoms with E-state index in [1.807, 2.05) is 0 Å². The molecule has 1 saturated carbocycles.